The Morgan fingerprint density at radius 2 is 1.59 bits per heavy atom. The smallest absolute Gasteiger partial charge is 0.322 e. The van der Waals surface area contributed by atoms with Gasteiger partial charge in [0.2, 0.25) is 5.95 Å². The first kappa shape index (κ1) is 25.8. The van der Waals surface area contributed by atoms with Crippen molar-refractivity contribution in [2.45, 2.75) is 13.1 Å². The van der Waals surface area contributed by atoms with Gasteiger partial charge in [-0.05, 0) is 67.1 Å². The van der Waals surface area contributed by atoms with Crippen molar-refractivity contribution in [1.82, 2.24) is 15.0 Å². The monoisotopic (exact) mass is 548 g/mol. The van der Waals surface area contributed by atoms with Crippen molar-refractivity contribution in [3.05, 3.63) is 101 Å². The zero-order valence-corrected chi connectivity index (χ0v) is 21.0. The van der Waals surface area contributed by atoms with Crippen LogP contribution in [0.3, 0.4) is 0 Å². The summed E-state index contributed by atoms with van der Waals surface area (Å²) in [5, 5.41) is 9.02. The zero-order valence-electron chi connectivity index (χ0n) is 20.2. The lowest BCUT2D eigenvalue weighted by Gasteiger charge is -2.13. The highest BCUT2D eigenvalue weighted by Crippen LogP contribution is 2.31. The van der Waals surface area contributed by atoms with Gasteiger partial charge in [-0.3, -0.25) is 9.59 Å². The number of amides is 2. The van der Waals surface area contributed by atoms with Crippen molar-refractivity contribution in [1.29, 1.82) is 0 Å². The molecule has 2 aromatic heterocycles. The molecule has 3 aromatic carbocycles. The molecule has 5 rings (SSSR count). The van der Waals surface area contributed by atoms with Crippen LogP contribution in [0.5, 0.6) is 0 Å². The summed E-state index contributed by atoms with van der Waals surface area (Å²) in [6, 6.07) is 15.8. The number of halogens is 3. The van der Waals surface area contributed by atoms with Crippen LogP contribution < -0.4 is 16.0 Å². The second-order valence-corrected chi connectivity index (χ2v) is 9.45. The lowest BCUT2D eigenvalue weighted by atomic mass is 10.1. The Kier molecular flexibility index (Phi) is 6.94. The minimum Gasteiger partial charge on any atom is -0.322 e. The van der Waals surface area contributed by atoms with Crippen LogP contribution in [0.15, 0.2) is 79.1 Å². The number of nitrogens with one attached hydrogen (secondary N) is 3. The van der Waals surface area contributed by atoms with Crippen LogP contribution in [-0.2, 0) is 6.18 Å². The van der Waals surface area contributed by atoms with E-state index in [-0.39, 0.29) is 11.5 Å². The Morgan fingerprint density at radius 1 is 0.846 bits per heavy atom. The Bertz CT molecular complexity index is 1690. The Labute approximate surface area is 224 Å². The molecule has 2 amide bonds. The summed E-state index contributed by atoms with van der Waals surface area (Å²) in [5.41, 5.74) is 1.53. The number of alkyl halides is 3. The standard InChI is InChI=1S/C27H19F3N6O2S/c1-15-6-8-19(33-23(37)16-4-2-5-18(12-16)27(28,29)30)14-21(15)34-24(38)17-7-9-20-22(13-17)39-26(35-20)36-25-31-10-3-11-32-25/h2-14H,1H3,(H,33,37)(H,34,38)(H,31,32,35,36). The normalized spacial score (nSPS) is 11.3. The Hall–Kier alpha value is -4.84. The summed E-state index contributed by atoms with van der Waals surface area (Å²) in [4.78, 5) is 38.3. The lowest BCUT2D eigenvalue weighted by Crippen LogP contribution is -2.15. The molecule has 0 spiro atoms. The van der Waals surface area contributed by atoms with E-state index >= 15 is 0 Å². The van der Waals surface area contributed by atoms with Gasteiger partial charge in [0.05, 0.1) is 15.8 Å². The Balaban J connectivity index is 1.30. The van der Waals surface area contributed by atoms with Gasteiger partial charge in [-0.1, -0.05) is 23.5 Å². The molecule has 0 fully saturated rings. The molecule has 0 saturated carbocycles. The molecule has 12 heteroatoms. The van der Waals surface area contributed by atoms with Gasteiger partial charge in [0.25, 0.3) is 11.8 Å². The average Bonchev–Trinajstić information content (AvgIpc) is 3.32. The molecular weight excluding hydrogens is 529 g/mol. The summed E-state index contributed by atoms with van der Waals surface area (Å²) < 4.78 is 39.8. The van der Waals surface area contributed by atoms with E-state index in [1.54, 1.807) is 61.8 Å². The number of benzene rings is 3. The number of aryl methyl sites for hydroxylation is 1. The second-order valence-electron chi connectivity index (χ2n) is 8.42. The van der Waals surface area contributed by atoms with E-state index in [1.165, 1.54) is 23.5 Å². The fourth-order valence-electron chi connectivity index (χ4n) is 3.65. The predicted molar refractivity (Wildman–Crippen MR) is 143 cm³/mol. The van der Waals surface area contributed by atoms with Crippen LogP contribution in [-0.4, -0.2) is 26.8 Å². The third kappa shape index (κ3) is 6.02. The number of aromatic nitrogens is 3. The summed E-state index contributed by atoms with van der Waals surface area (Å²) in [5.74, 6) is -0.677. The van der Waals surface area contributed by atoms with Gasteiger partial charge in [-0.15, -0.1) is 0 Å². The number of anilines is 4. The van der Waals surface area contributed by atoms with E-state index in [4.69, 9.17) is 0 Å². The van der Waals surface area contributed by atoms with Crippen LogP contribution in [0.25, 0.3) is 10.2 Å². The van der Waals surface area contributed by atoms with Gasteiger partial charge in [0.1, 0.15) is 0 Å². The number of hydrogen-bond acceptors (Lipinski definition) is 7. The number of rotatable bonds is 6. The summed E-state index contributed by atoms with van der Waals surface area (Å²) >= 11 is 1.34. The van der Waals surface area contributed by atoms with E-state index in [2.05, 4.69) is 30.9 Å². The molecule has 0 aliphatic carbocycles. The first-order valence-corrected chi connectivity index (χ1v) is 12.3. The van der Waals surface area contributed by atoms with Crippen molar-refractivity contribution in [2.75, 3.05) is 16.0 Å². The van der Waals surface area contributed by atoms with E-state index in [0.717, 1.165) is 22.4 Å². The number of carbonyl (C=O) groups excluding carboxylic acids is 2. The van der Waals surface area contributed by atoms with Crippen LogP contribution in [0.1, 0.15) is 31.8 Å². The number of carbonyl (C=O) groups is 2. The molecule has 0 radical (unpaired) electrons. The molecule has 39 heavy (non-hydrogen) atoms. The molecule has 0 unspecified atom stereocenters. The van der Waals surface area contributed by atoms with Gasteiger partial charge in [0.15, 0.2) is 5.13 Å². The first-order valence-electron chi connectivity index (χ1n) is 11.5. The fraction of sp³-hybridized carbons (Fsp3) is 0.0741. The zero-order chi connectivity index (χ0) is 27.6. The maximum absolute atomic E-state index is 13.0. The van der Waals surface area contributed by atoms with Crippen molar-refractivity contribution in [3.8, 4) is 0 Å². The molecule has 0 aliphatic rings. The maximum Gasteiger partial charge on any atom is 0.416 e. The maximum atomic E-state index is 13.0. The van der Waals surface area contributed by atoms with Crippen LogP contribution in [0.2, 0.25) is 0 Å². The first-order chi connectivity index (χ1) is 18.7. The van der Waals surface area contributed by atoms with E-state index in [9.17, 15) is 22.8 Å². The fourth-order valence-corrected chi connectivity index (χ4v) is 4.55. The molecule has 196 valence electrons. The highest BCUT2D eigenvalue weighted by Gasteiger charge is 2.31. The highest BCUT2D eigenvalue weighted by atomic mass is 32.1. The number of nitrogens with zero attached hydrogens (tertiary/aromatic N) is 3. The Morgan fingerprint density at radius 3 is 2.36 bits per heavy atom. The third-order valence-corrected chi connectivity index (χ3v) is 6.56. The largest absolute Gasteiger partial charge is 0.416 e. The van der Waals surface area contributed by atoms with Gasteiger partial charge >= 0.3 is 6.18 Å². The van der Waals surface area contributed by atoms with E-state index in [0.29, 0.717) is 33.5 Å². The molecule has 0 saturated heterocycles. The summed E-state index contributed by atoms with van der Waals surface area (Å²) in [7, 11) is 0. The molecule has 0 bridgehead atoms. The quantitative estimate of drug-likeness (QED) is 0.219. The summed E-state index contributed by atoms with van der Waals surface area (Å²) in [6.07, 6.45) is -1.34. The SMILES string of the molecule is Cc1ccc(NC(=O)c2cccc(C(F)(F)F)c2)cc1NC(=O)c1ccc2nc(Nc3ncccn3)sc2c1. The van der Waals surface area contributed by atoms with E-state index < -0.39 is 17.6 Å². The van der Waals surface area contributed by atoms with Crippen molar-refractivity contribution in [2.24, 2.45) is 0 Å². The van der Waals surface area contributed by atoms with Crippen molar-refractivity contribution in [3.63, 3.8) is 0 Å². The molecule has 5 aromatic rings. The predicted octanol–water partition coefficient (Wildman–Crippen LogP) is 6.66. The third-order valence-electron chi connectivity index (χ3n) is 5.63. The minimum absolute atomic E-state index is 0.137. The molecule has 8 nitrogen and oxygen atoms in total. The summed E-state index contributed by atoms with van der Waals surface area (Å²) in [6.45, 7) is 1.78. The number of hydrogen-bond donors (Lipinski definition) is 3. The molecular formula is C27H19F3N6O2S. The molecule has 0 atom stereocenters. The van der Waals surface area contributed by atoms with Gasteiger partial charge in [-0.25, -0.2) is 15.0 Å². The van der Waals surface area contributed by atoms with Crippen LogP contribution >= 0.6 is 11.3 Å². The minimum atomic E-state index is -4.56. The molecule has 3 N–H and O–H groups in total. The highest BCUT2D eigenvalue weighted by molar-refractivity contribution is 7.22. The topological polar surface area (TPSA) is 109 Å². The number of thiazole rings is 1. The van der Waals surface area contributed by atoms with Crippen LogP contribution in [0.4, 0.5) is 35.6 Å². The van der Waals surface area contributed by atoms with Crippen molar-refractivity contribution >= 4 is 55.8 Å². The average molecular weight is 549 g/mol. The second kappa shape index (κ2) is 10.5. The van der Waals surface area contributed by atoms with E-state index in [1.807, 2.05) is 0 Å². The van der Waals surface area contributed by atoms with Gasteiger partial charge in [0, 0.05) is 34.9 Å². The number of fused-ring (bicyclic) bond motifs is 1. The lowest BCUT2D eigenvalue weighted by molar-refractivity contribution is -0.137. The molecule has 2 heterocycles. The van der Waals surface area contributed by atoms with Crippen molar-refractivity contribution < 1.29 is 22.8 Å². The molecule has 0 aliphatic heterocycles. The van der Waals surface area contributed by atoms with Gasteiger partial charge in [-0.2, -0.15) is 13.2 Å². The van der Waals surface area contributed by atoms with Crippen LogP contribution in [0, 0.1) is 6.92 Å². The van der Waals surface area contributed by atoms with Gasteiger partial charge < -0.3 is 16.0 Å².